The third-order valence-corrected chi connectivity index (χ3v) is 4.96. The van der Waals surface area contributed by atoms with Crippen molar-refractivity contribution >= 4 is 0 Å². The largest absolute Gasteiger partial charge is 0.326 e. The summed E-state index contributed by atoms with van der Waals surface area (Å²) < 4.78 is 0. The van der Waals surface area contributed by atoms with Crippen LogP contribution in [0.4, 0.5) is 0 Å². The van der Waals surface area contributed by atoms with Crippen molar-refractivity contribution in [2.75, 3.05) is 13.6 Å². The fourth-order valence-electron chi connectivity index (χ4n) is 3.22. The third-order valence-electron chi connectivity index (χ3n) is 4.96. The smallest absolute Gasteiger partial charge is 0.0247 e. The second kappa shape index (κ2) is 6.38. The normalized spacial score (nSPS) is 31.7. The summed E-state index contributed by atoms with van der Waals surface area (Å²) in [4.78, 5) is 2.52. The number of nitrogens with two attached hydrogens (primary N) is 1. The number of nitrogens with zero attached hydrogens (tertiary/aromatic N) is 1. The van der Waals surface area contributed by atoms with E-state index in [1.165, 1.54) is 32.2 Å². The Morgan fingerprint density at radius 2 is 1.89 bits per heavy atom. The summed E-state index contributed by atoms with van der Waals surface area (Å²) in [6.07, 6.45) is 5.03. The Hall–Kier alpha value is -0.0800. The molecule has 0 spiro atoms. The van der Waals surface area contributed by atoms with Crippen LogP contribution in [-0.2, 0) is 0 Å². The fourth-order valence-corrected chi connectivity index (χ4v) is 3.22. The summed E-state index contributed by atoms with van der Waals surface area (Å²) in [7, 11) is 2.27. The van der Waals surface area contributed by atoms with Gasteiger partial charge in [0.2, 0.25) is 0 Å². The van der Waals surface area contributed by atoms with Gasteiger partial charge in [-0.05, 0) is 43.6 Å². The Bertz CT molecular complexity index is 244. The maximum atomic E-state index is 6.36. The van der Waals surface area contributed by atoms with Crippen molar-refractivity contribution in [3.05, 3.63) is 0 Å². The maximum absolute atomic E-state index is 6.36. The molecule has 0 amide bonds. The van der Waals surface area contributed by atoms with Crippen molar-refractivity contribution in [3.63, 3.8) is 0 Å². The van der Waals surface area contributed by atoms with E-state index in [2.05, 4.69) is 46.6 Å². The molecule has 0 heterocycles. The van der Waals surface area contributed by atoms with Crippen LogP contribution in [0.5, 0.6) is 0 Å². The topological polar surface area (TPSA) is 29.3 Å². The Morgan fingerprint density at radius 1 is 1.28 bits per heavy atom. The number of hydrogen-bond acceptors (Lipinski definition) is 2. The average molecular weight is 254 g/mol. The van der Waals surface area contributed by atoms with Gasteiger partial charge in [-0.15, -0.1) is 0 Å². The molecule has 18 heavy (non-hydrogen) atoms. The van der Waals surface area contributed by atoms with Crippen LogP contribution in [0.1, 0.15) is 60.3 Å². The highest BCUT2D eigenvalue weighted by Crippen LogP contribution is 2.38. The van der Waals surface area contributed by atoms with Crippen molar-refractivity contribution < 1.29 is 0 Å². The summed E-state index contributed by atoms with van der Waals surface area (Å²) in [5.41, 5.74) is 6.79. The molecule has 0 radical (unpaired) electrons. The van der Waals surface area contributed by atoms with Crippen LogP contribution in [0, 0.1) is 17.3 Å². The number of rotatable bonds is 4. The zero-order valence-corrected chi connectivity index (χ0v) is 13.4. The van der Waals surface area contributed by atoms with Gasteiger partial charge in [-0.25, -0.2) is 0 Å². The van der Waals surface area contributed by atoms with E-state index in [-0.39, 0.29) is 0 Å². The highest BCUT2D eigenvalue weighted by molar-refractivity contribution is 4.92. The first kappa shape index (κ1) is 16.0. The molecule has 0 aromatic carbocycles. The zero-order valence-electron chi connectivity index (χ0n) is 13.4. The number of hydrogen-bond donors (Lipinski definition) is 1. The quantitative estimate of drug-likeness (QED) is 0.832. The summed E-state index contributed by atoms with van der Waals surface area (Å²) in [6, 6.07) is 0.953. The third kappa shape index (κ3) is 4.24. The van der Waals surface area contributed by atoms with Crippen molar-refractivity contribution in [2.24, 2.45) is 23.0 Å². The van der Waals surface area contributed by atoms with E-state index in [4.69, 9.17) is 5.73 Å². The van der Waals surface area contributed by atoms with E-state index in [1.807, 2.05) is 0 Å². The molecule has 0 aromatic heterocycles. The van der Waals surface area contributed by atoms with E-state index in [0.29, 0.717) is 17.5 Å². The van der Waals surface area contributed by atoms with Crippen molar-refractivity contribution in [1.29, 1.82) is 0 Å². The standard InChI is InChI=1S/C16H34N2/c1-7-12(2)11-18(6)15-10-13(16(3,4)5)8-9-14(15)17/h12-15H,7-11,17H2,1-6H3. The number of likely N-dealkylation sites (N-methyl/N-ethyl adjacent to an activating group) is 1. The van der Waals surface area contributed by atoms with Crippen molar-refractivity contribution in [3.8, 4) is 0 Å². The summed E-state index contributed by atoms with van der Waals surface area (Å²) in [5, 5.41) is 0. The minimum Gasteiger partial charge on any atom is -0.326 e. The molecule has 1 saturated carbocycles. The van der Waals surface area contributed by atoms with Crippen LogP contribution in [0.15, 0.2) is 0 Å². The lowest BCUT2D eigenvalue weighted by atomic mass is 9.69. The zero-order chi connectivity index (χ0) is 13.9. The van der Waals surface area contributed by atoms with E-state index >= 15 is 0 Å². The first-order chi connectivity index (χ1) is 8.25. The van der Waals surface area contributed by atoms with Crippen LogP contribution < -0.4 is 5.73 Å². The lowest BCUT2D eigenvalue weighted by Gasteiger charge is -2.44. The lowest BCUT2D eigenvalue weighted by molar-refractivity contribution is 0.0766. The molecule has 108 valence electrons. The van der Waals surface area contributed by atoms with E-state index in [0.717, 1.165) is 11.8 Å². The minimum absolute atomic E-state index is 0.373. The average Bonchev–Trinajstić information content (AvgIpc) is 2.27. The van der Waals surface area contributed by atoms with Crippen LogP contribution in [0.2, 0.25) is 0 Å². The predicted octanol–water partition coefficient (Wildman–Crippen LogP) is 3.51. The molecule has 2 heteroatoms. The van der Waals surface area contributed by atoms with Gasteiger partial charge in [-0.1, -0.05) is 41.0 Å². The highest BCUT2D eigenvalue weighted by Gasteiger charge is 2.36. The lowest BCUT2D eigenvalue weighted by Crippen LogP contribution is -2.52. The highest BCUT2D eigenvalue weighted by atomic mass is 15.1. The summed E-state index contributed by atoms with van der Waals surface area (Å²) in [5.74, 6) is 1.60. The van der Waals surface area contributed by atoms with Crippen LogP contribution >= 0.6 is 0 Å². The van der Waals surface area contributed by atoms with Crippen LogP contribution in [0.3, 0.4) is 0 Å². The van der Waals surface area contributed by atoms with Gasteiger partial charge in [0.05, 0.1) is 0 Å². The molecule has 1 rings (SSSR count). The Balaban J connectivity index is 2.61. The maximum Gasteiger partial charge on any atom is 0.0247 e. The van der Waals surface area contributed by atoms with E-state index < -0.39 is 0 Å². The fraction of sp³-hybridized carbons (Fsp3) is 1.00. The first-order valence-corrected chi connectivity index (χ1v) is 7.71. The molecule has 0 bridgehead atoms. The molecule has 4 atom stereocenters. The molecule has 1 fully saturated rings. The molecule has 1 aliphatic rings. The van der Waals surface area contributed by atoms with Crippen LogP contribution in [0.25, 0.3) is 0 Å². The second-order valence-electron chi connectivity index (χ2n) is 7.56. The Morgan fingerprint density at radius 3 is 2.39 bits per heavy atom. The first-order valence-electron chi connectivity index (χ1n) is 7.71. The molecule has 0 aromatic rings. The Kier molecular flexibility index (Phi) is 5.67. The molecule has 1 aliphatic carbocycles. The molecular weight excluding hydrogens is 220 g/mol. The molecule has 2 nitrogen and oxygen atoms in total. The molecule has 4 unspecified atom stereocenters. The minimum atomic E-state index is 0.373. The predicted molar refractivity (Wildman–Crippen MR) is 80.6 cm³/mol. The van der Waals surface area contributed by atoms with Gasteiger partial charge in [0.1, 0.15) is 0 Å². The van der Waals surface area contributed by atoms with Gasteiger partial charge in [0.25, 0.3) is 0 Å². The van der Waals surface area contributed by atoms with Gasteiger partial charge in [0.15, 0.2) is 0 Å². The molecular formula is C16H34N2. The second-order valence-corrected chi connectivity index (χ2v) is 7.56. The van der Waals surface area contributed by atoms with Gasteiger partial charge < -0.3 is 10.6 Å². The van der Waals surface area contributed by atoms with E-state index in [9.17, 15) is 0 Å². The molecule has 0 aliphatic heterocycles. The van der Waals surface area contributed by atoms with Gasteiger partial charge >= 0.3 is 0 Å². The monoisotopic (exact) mass is 254 g/mol. The Labute approximate surface area is 114 Å². The summed E-state index contributed by atoms with van der Waals surface area (Å²) >= 11 is 0. The summed E-state index contributed by atoms with van der Waals surface area (Å²) in [6.45, 7) is 12.9. The SMILES string of the molecule is CCC(C)CN(C)C1CC(C(C)(C)C)CCC1N. The van der Waals surface area contributed by atoms with Crippen LogP contribution in [-0.4, -0.2) is 30.6 Å². The van der Waals surface area contributed by atoms with Gasteiger partial charge in [0, 0.05) is 18.6 Å². The van der Waals surface area contributed by atoms with Crippen molar-refractivity contribution in [2.45, 2.75) is 72.4 Å². The van der Waals surface area contributed by atoms with Gasteiger partial charge in [-0.3, -0.25) is 0 Å². The van der Waals surface area contributed by atoms with Crippen molar-refractivity contribution in [1.82, 2.24) is 4.90 Å². The molecule has 2 N–H and O–H groups in total. The molecule has 0 saturated heterocycles. The van der Waals surface area contributed by atoms with E-state index in [1.54, 1.807) is 0 Å². The van der Waals surface area contributed by atoms with Gasteiger partial charge in [-0.2, -0.15) is 0 Å².